The molecule has 0 atom stereocenters. The van der Waals surface area contributed by atoms with E-state index >= 15 is 0 Å². The van der Waals surface area contributed by atoms with Crippen LogP contribution in [0, 0.1) is 5.41 Å². The van der Waals surface area contributed by atoms with Crippen molar-refractivity contribution in [2.24, 2.45) is 5.41 Å². The van der Waals surface area contributed by atoms with E-state index in [1.165, 1.54) is 12.0 Å². The summed E-state index contributed by atoms with van der Waals surface area (Å²) in [6.07, 6.45) is 2.30. The molecule has 0 aliphatic rings. The Labute approximate surface area is 84.2 Å². The van der Waals surface area contributed by atoms with Crippen LogP contribution >= 0.6 is 0 Å². The van der Waals surface area contributed by atoms with Crippen molar-refractivity contribution in [3.05, 3.63) is 12.2 Å². The molecule has 1 nitrogen and oxygen atoms in total. The Morgan fingerprint density at radius 2 is 1.69 bits per heavy atom. The quantitative estimate of drug-likeness (QED) is 0.602. The number of ether oxygens (including phenoxy) is 1. The molecule has 13 heavy (non-hydrogen) atoms. The second kappa shape index (κ2) is 8.31. The van der Waals surface area contributed by atoms with Crippen LogP contribution in [0.15, 0.2) is 12.2 Å². The molecule has 0 saturated carbocycles. The van der Waals surface area contributed by atoms with Crippen molar-refractivity contribution in [2.45, 2.75) is 47.5 Å². The zero-order valence-corrected chi connectivity index (χ0v) is 10.2. The van der Waals surface area contributed by atoms with Gasteiger partial charge in [-0.1, -0.05) is 46.3 Å². The van der Waals surface area contributed by atoms with Crippen molar-refractivity contribution >= 4 is 0 Å². The molecule has 0 saturated heterocycles. The molecule has 0 aliphatic carbocycles. The van der Waals surface area contributed by atoms with Crippen LogP contribution in [0.2, 0.25) is 0 Å². The zero-order chi connectivity index (χ0) is 10.9. The van der Waals surface area contributed by atoms with Crippen molar-refractivity contribution in [3.8, 4) is 0 Å². The van der Waals surface area contributed by atoms with Gasteiger partial charge in [-0.25, -0.2) is 0 Å². The zero-order valence-electron chi connectivity index (χ0n) is 10.2. The van der Waals surface area contributed by atoms with Crippen LogP contribution in [0.3, 0.4) is 0 Å². The second-order valence-corrected chi connectivity index (χ2v) is 4.11. The first-order valence-electron chi connectivity index (χ1n) is 5.07. The van der Waals surface area contributed by atoms with Gasteiger partial charge >= 0.3 is 0 Å². The second-order valence-electron chi connectivity index (χ2n) is 4.11. The summed E-state index contributed by atoms with van der Waals surface area (Å²) >= 11 is 0. The Hall–Kier alpha value is -0.300. The lowest BCUT2D eigenvalue weighted by atomic mass is 9.83. The molecule has 0 aromatic carbocycles. The predicted molar refractivity (Wildman–Crippen MR) is 61.1 cm³/mol. The molecule has 0 spiro atoms. The number of rotatable bonds is 4. The number of methoxy groups -OCH3 is 1. The van der Waals surface area contributed by atoms with Gasteiger partial charge in [0, 0.05) is 13.7 Å². The fourth-order valence-corrected chi connectivity index (χ4v) is 0.571. The van der Waals surface area contributed by atoms with Gasteiger partial charge in [-0.15, -0.1) is 0 Å². The highest BCUT2D eigenvalue weighted by Crippen LogP contribution is 2.27. The molecular formula is C12H26O. The molecule has 0 fully saturated rings. The lowest BCUT2D eigenvalue weighted by Gasteiger charge is -2.24. The van der Waals surface area contributed by atoms with E-state index in [0.717, 1.165) is 13.0 Å². The van der Waals surface area contributed by atoms with E-state index in [1.54, 1.807) is 7.11 Å². The Kier molecular flexibility index (Phi) is 9.70. The highest BCUT2D eigenvalue weighted by molar-refractivity contribution is 5.02. The highest BCUT2D eigenvalue weighted by Gasteiger charge is 2.17. The van der Waals surface area contributed by atoms with Crippen molar-refractivity contribution in [2.75, 3.05) is 13.7 Å². The number of allylic oxidation sites excluding steroid dienone is 1. The largest absolute Gasteiger partial charge is 0.385 e. The van der Waals surface area contributed by atoms with Crippen molar-refractivity contribution in [3.63, 3.8) is 0 Å². The summed E-state index contributed by atoms with van der Waals surface area (Å²) in [6.45, 7) is 15.4. The first-order chi connectivity index (χ1) is 5.92. The van der Waals surface area contributed by atoms with Gasteiger partial charge in [0.25, 0.3) is 0 Å². The highest BCUT2D eigenvalue weighted by atomic mass is 16.5. The number of hydrogen-bond donors (Lipinski definition) is 0. The van der Waals surface area contributed by atoms with Gasteiger partial charge in [-0.2, -0.15) is 0 Å². The SMILES string of the molecule is C=C(C)C(C)(C)CCOC.CCC. The molecule has 0 aromatic heterocycles. The molecule has 1 heteroatoms. The summed E-state index contributed by atoms with van der Waals surface area (Å²) in [6, 6.07) is 0. The Bertz CT molecular complexity index is 125. The summed E-state index contributed by atoms with van der Waals surface area (Å²) < 4.78 is 4.99. The molecular weight excluding hydrogens is 160 g/mol. The third-order valence-corrected chi connectivity index (χ3v) is 2.09. The van der Waals surface area contributed by atoms with Gasteiger partial charge in [0.1, 0.15) is 0 Å². The van der Waals surface area contributed by atoms with Crippen LogP contribution in [-0.4, -0.2) is 13.7 Å². The molecule has 80 valence electrons. The number of hydrogen-bond acceptors (Lipinski definition) is 1. The van der Waals surface area contributed by atoms with E-state index in [-0.39, 0.29) is 5.41 Å². The van der Waals surface area contributed by atoms with E-state index in [1.807, 2.05) is 0 Å². The smallest absolute Gasteiger partial charge is 0.0470 e. The minimum Gasteiger partial charge on any atom is -0.385 e. The van der Waals surface area contributed by atoms with Gasteiger partial charge in [-0.05, 0) is 18.8 Å². The van der Waals surface area contributed by atoms with Crippen molar-refractivity contribution in [1.82, 2.24) is 0 Å². The van der Waals surface area contributed by atoms with Gasteiger partial charge in [0.05, 0.1) is 0 Å². The Balaban J connectivity index is 0. The molecule has 0 aliphatic heterocycles. The van der Waals surface area contributed by atoms with Crippen molar-refractivity contribution in [1.29, 1.82) is 0 Å². The van der Waals surface area contributed by atoms with Crippen LogP contribution in [0.25, 0.3) is 0 Å². The molecule has 0 N–H and O–H groups in total. The molecule has 0 bridgehead atoms. The minimum atomic E-state index is 0.232. The average Bonchev–Trinajstić information content (AvgIpc) is 2.02. The van der Waals surface area contributed by atoms with E-state index < -0.39 is 0 Å². The van der Waals surface area contributed by atoms with Gasteiger partial charge in [0.15, 0.2) is 0 Å². The summed E-state index contributed by atoms with van der Waals surface area (Å²) in [7, 11) is 1.73. The summed E-state index contributed by atoms with van der Waals surface area (Å²) in [5.74, 6) is 0. The normalized spacial score (nSPS) is 10.3. The minimum absolute atomic E-state index is 0.232. The first kappa shape index (κ1) is 15.2. The third-order valence-electron chi connectivity index (χ3n) is 2.09. The van der Waals surface area contributed by atoms with Crippen LogP contribution < -0.4 is 0 Å². The van der Waals surface area contributed by atoms with Crippen molar-refractivity contribution < 1.29 is 4.74 Å². The average molecular weight is 186 g/mol. The van der Waals surface area contributed by atoms with Crippen LogP contribution in [0.1, 0.15) is 47.5 Å². The van der Waals surface area contributed by atoms with E-state index in [4.69, 9.17) is 4.74 Å². The maximum atomic E-state index is 4.99. The van der Waals surface area contributed by atoms with E-state index in [9.17, 15) is 0 Å². The van der Waals surface area contributed by atoms with E-state index in [0.29, 0.717) is 0 Å². The maximum absolute atomic E-state index is 4.99. The van der Waals surface area contributed by atoms with Gasteiger partial charge < -0.3 is 4.74 Å². The molecule has 0 radical (unpaired) electrons. The standard InChI is InChI=1S/C9H18O.C3H8/c1-8(2)9(3,4)6-7-10-5;1-3-2/h1,6-7H2,2-5H3;3H2,1-2H3. The first-order valence-corrected chi connectivity index (χ1v) is 5.07. The molecule has 0 heterocycles. The summed E-state index contributed by atoms with van der Waals surface area (Å²) in [5.41, 5.74) is 1.46. The molecule has 0 rings (SSSR count). The maximum Gasteiger partial charge on any atom is 0.0470 e. The Morgan fingerprint density at radius 1 is 1.31 bits per heavy atom. The van der Waals surface area contributed by atoms with Crippen LogP contribution in [0.5, 0.6) is 0 Å². The lowest BCUT2D eigenvalue weighted by Crippen LogP contribution is -2.14. The van der Waals surface area contributed by atoms with Crippen LogP contribution in [0.4, 0.5) is 0 Å². The summed E-state index contributed by atoms with van der Waals surface area (Å²) in [5, 5.41) is 0. The fraction of sp³-hybridized carbons (Fsp3) is 0.833. The molecule has 0 amide bonds. The lowest BCUT2D eigenvalue weighted by molar-refractivity contribution is 0.165. The third kappa shape index (κ3) is 9.62. The van der Waals surface area contributed by atoms with E-state index in [2.05, 4.69) is 41.2 Å². The predicted octanol–water partition coefficient (Wildman–Crippen LogP) is 4.04. The fourth-order valence-electron chi connectivity index (χ4n) is 0.571. The van der Waals surface area contributed by atoms with Gasteiger partial charge in [-0.3, -0.25) is 0 Å². The van der Waals surface area contributed by atoms with Gasteiger partial charge in [0.2, 0.25) is 0 Å². The molecule has 0 unspecified atom stereocenters. The van der Waals surface area contributed by atoms with Crippen LogP contribution in [-0.2, 0) is 4.74 Å². The topological polar surface area (TPSA) is 9.23 Å². The monoisotopic (exact) mass is 186 g/mol. The molecule has 0 aromatic rings. The Morgan fingerprint density at radius 3 is 1.92 bits per heavy atom. The summed E-state index contributed by atoms with van der Waals surface area (Å²) in [4.78, 5) is 0.